The minimum Gasteiger partial charge on any atom is -0.611 e. The highest BCUT2D eigenvalue weighted by Gasteiger charge is 2.25. The predicted octanol–water partition coefficient (Wildman–Crippen LogP) is 6.39. The van der Waals surface area contributed by atoms with Crippen LogP contribution in [0.1, 0.15) is 25.3 Å². The van der Waals surface area contributed by atoms with Crippen LogP contribution in [0.2, 0.25) is 0 Å². The van der Waals surface area contributed by atoms with E-state index < -0.39 is 11.2 Å². The van der Waals surface area contributed by atoms with Crippen molar-refractivity contribution >= 4 is 49.8 Å². The van der Waals surface area contributed by atoms with Crippen molar-refractivity contribution in [2.75, 3.05) is 11.5 Å². The molecule has 0 saturated carbocycles. The van der Waals surface area contributed by atoms with E-state index in [-0.39, 0.29) is 0 Å². The number of fused-ring (bicyclic) bond motifs is 1. The smallest absolute Gasteiger partial charge is 0.232 e. The van der Waals surface area contributed by atoms with Crippen molar-refractivity contribution in [2.24, 2.45) is 5.11 Å². The molecule has 0 saturated heterocycles. The number of pyridine rings is 1. The Labute approximate surface area is 190 Å². The number of anilines is 1. The number of thiazole rings is 1. The van der Waals surface area contributed by atoms with Crippen molar-refractivity contribution < 1.29 is 4.55 Å². The molecule has 1 unspecified atom stereocenters. The molecule has 7 nitrogen and oxygen atoms in total. The number of unbranched alkanes of at least 4 members (excludes halogenated alkanes) is 1. The minimum absolute atomic E-state index is 0.300. The first-order valence-corrected chi connectivity index (χ1v) is 12.7. The van der Waals surface area contributed by atoms with E-state index in [1.165, 1.54) is 22.7 Å². The Hall–Kier alpha value is -2.62. The molecule has 158 valence electrons. The normalized spacial score (nSPS) is 12.1. The zero-order chi connectivity index (χ0) is 21.8. The van der Waals surface area contributed by atoms with Crippen LogP contribution in [-0.4, -0.2) is 20.3 Å². The number of thiophene rings is 1. The molecule has 3 heterocycles. The minimum atomic E-state index is -1.15. The lowest BCUT2D eigenvalue weighted by Crippen LogP contribution is -2.06. The zero-order valence-electron chi connectivity index (χ0n) is 16.8. The monoisotopic (exact) mass is 468 g/mol. The van der Waals surface area contributed by atoms with Gasteiger partial charge in [0.15, 0.2) is 0 Å². The topological polar surface area (TPSA) is 124 Å². The molecule has 0 aliphatic heterocycles. The third-order valence-corrected chi connectivity index (χ3v) is 8.58. The van der Waals surface area contributed by atoms with Gasteiger partial charge in [-0.25, -0.2) is 9.97 Å². The Kier molecular flexibility index (Phi) is 6.74. The zero-order valence-corrected chi connectivity index (χ0v) is 19.3. The third kappa shape index (κ3) is 4.53. The van der Waals surface area contributed by atoms with E-state index in [2.05, 4.69) is 21.9 Å². The van der Waals surface area contributed by atoms with E-state index in [9.17, 15) is 4.55 Å². The highest BCUT2D eigenvalue weighted by Crippen LogP contribution is 2.43. The summed E-state index contributed by atoms with van der Waals surface area (Å²) >= 11 is 1.78. The van der Waals surface area contributed by atoms with Gasteiger partial charge >= 0.3 is 0 Å². The summed E-state index contributed by atoms with van der Waals surface area (Å²) in [5.74, 6) is 0.594. The molecule has 0 spiro atoms. The van der Waals surface area contributed by atoms with Crippen LogP contribution in [0.5, 0.6) is 0 Å². The van der Waals surface area contributed by atoms with Gasteiger partial charge in [-0.3, -0.25) is 0 Å². The Morgan fingerprint density at radius 3 is 2.77 bits per heavy atom. The molecule has 0 bridgehead atoms. The van der Waals surface area contributed by atoms with Gasteiger partial charge in [0.25, 0.3) is 0 Å². The number of rotatable bonds is 8. The fraction of sp³-hybridized carbons (Fsp3) is 0.238. The lowest BCUT2D eigenvalue weighted by atomic mass is 10.0. The highest BCUT2D eigenvalue weighted by atomic mass is 32.2. The molecule has 4 aromatic rings. The maximum atomic E-state index is 12.9. The molecule has 3 aromatic heterocycles. The van der Waals surface area contributed by atoms with E-state index in [1.54, 1.807) is 6.20 Å². The van der Waals surface area contributed by atoms with Crippen molar-refractivity contribution in [3.63, 3.8) is 0 Å². The second-order valence-electron chi connectivity index (χ2n) is 6.86. The van der Waals surface area contributed by atoms with Crippen molar-refractivity contribution in [3.8, 4) is 21.8 Å². The first-order chi connectivity index (χ1) is 15.1. The summed E-state index contributed by atoms with van der Waals surface area (Å²) in [5, 5.41) is 7.18. The van der Waals surface area contributed by atoms with Gasteiger partial charge in [0.1, 0.15) is 27.0 Å². The second kappa shape index (κ2) is 9.67. The molecule has 0 fully saturated rings. The molecule has 2 N–H and O–H groups in total. The van der Waals surface area contributed by atoms with E-state index in [0.29, 0.717) is 22.2 Å². The Morgan fingerprint density at radius 1 is 1.29 bits per heavy atom. The van der Waals surface area contributed by atoms with Crippen LogP contribution in [0.4, 0.5) is 5.69 Å². The number of benzene rings is 1. The fourth-order valence-electron chi connectivity index (χ4n) is 3.23. The molecule has 0 aliphatic carbocycles. The van der Waals surface area contributed by atoms with Gasteiger partial charge in [0.05, 0.1) is 6.54 Å². The van der Waals surface area contributed by atoms with Crippen LogP contribution in [0.3, 0.4) is 0 Å². The average molecular weight is 469 g/mol. The molecule has 0 amide bonds. The number of hydrogen-bond acceptors (Lipinski definition) is 7. The Balaban J connectivity index is 1.87. The van der Waals surface area contributed by atoms with Crippen LogP contribution in [0, 0.1) is 0 Å². The van der Waals surface area contributed by atoms with Crippen molar-refractivity contribution in [2.45, 2.75) is 30.5 Å². The lowest BCUT2D eigenvalue weighted by molar-refractivity contribution is 0.594. The summed E-state index contributed by atoms with van der Waals surface area (Å²) in [6.45, 7) is 2.38. The number of nitrogens with two attached hydrogens (primary N) is 1. The number of aromatic nitrogens is 2. The Bertz CT molecular complexity index is 1230. The average Bonchev–Trinajstić information content (AvgIpc) is 3.44. The second-order valence-corrected chi connectivity index (χ2v) is 10.5. The van der Waals surface area contributed by atoms with Crippen LogP contribution in [0.25, 0.3) is 42.5 Å². The lowest BCUT2D eigenvalue weighted by Gasteiger charge is -2.09. The van der Waals surface area contributed by atoms with Gasteiger partial charge in [-0.2, -0.15) is 0 Å². The first kappa shape index (κ1) is 21.6. The standard InChI is InChI=1S/C21H20N6OS3/c1-2-3-10-31(28)21-18(22)17-15(14-6-4-13(5-7-14)12-25-27-23)11-16(26-20(17)30-21)19-24-8-9-29-19/h4-9,11H,2-3,10,12,22H2,1H3. The summed E-state index contributed by atoms with van der Waals surface area (Å²) in [6, 6.07) is 9.82. The quantitative estimate of drug-likeness (QED) is 0.139. The highest BCUT2D eigenvalue weighted by molar-refractivity contribution is 7.93. The van der Waals surface area contributed by atoms with Gasteiger partial charge in [0, 0.05) is 21.9 Å². The Morgan fingerprint density at radius 2 is 2.10 bits per heavy atom. The first-order valence-electron chi connectivity index (χ1n) is 9.73. The molecule has 31 heavy (non-hydrogen) atoms. The number of nitrogens with zero attached hydrogens (tertiary/aromatic N) is 5. The largest absolute Gasteiger partial charge is 0.611 e. The number of nitrogen functional groups attached to an aromatic ring is 1. The molecular weight excluding hydrogens is 448 g/mol. The van der Waals surface area contributed by atoms with Gasteiger partial charge in [-0.15, -0.1) is 11.3 Å². The third-order valence-electron chi connectivity index (χ3n) is 4.79. The van der Waals surface area contributed by atoms with Gasteiger partial charge in [0.2, 0.25) is 4.21 Å². The van der Waals surface area contributed by atoms with Gasteiger partial charge in [-0.05, 0) is 45.9 Å². The maximum absolute atomic E-state index is 12.9. The molecule has 1 aromatic carbocycles. The predicted molar refractivity (Wildman–Crippen MR) is 130 cm³/mol. The molecule has 1 atom stereocenters. The van der Waals surface area contributed by atoms with Gasteiger partial charge < -0.3 is 10.3 Å². The molecule has 0 aliphatic rings. The summed E-state index contributed by atoms with van der Waals surface area (Å²) in [7, 11) is 0. The van der Waals surface area contributed by atoms with Crippen LogP contribution >= 0.6 is 22.7 Å². The fourth-order valence-corrected chi connectivity index (χ4v) is 6.62. The maximum Gasteiger partial charge on any atom is 0.232 e. The van der Waals surface area contributed by atoms with E-state index in [4.69, 9.17) is 16.2 Å². The van der Waals surface area contributed by atoms with E-state index >= 15 is 0 Å². The molecular formula is C21H20N6OS3. The van der Waals surface area contributed by atoms with Crippen LogP contribution in [0.15, 0.2) is 51.2 Å². The summed E-state index contributed by atoms with van der Waals surface area (Å²) in [4.78, 5) is 12.8. The van der Waals surface area contributed by atoms with Gasteiger partial charge in [-0.1, -0.05) is 54.1 Å². The molecule has 0 radical (unpaired) electrons. The van der Waals surface area contributed by atoms with Crippen molar-refractivity contribution in [1.82, 2.24) is 9.97 Å². The molecule has 4 rings (SSSR count). The number of azide groups is 1. The summed E-state index contributed by atoms with van der Waals surface area (Å²) in [5.41, 5.74) is 19.2. The van der Waals surface area contributed by atoms with Crippen molar-refractivity contribution in [3.05, 3.63) is 57.9 Å². The van der Waals surface area contributed by atoms with E-state index in [0.717, 1.165) is 50.5 Å². The SMILES string of the molecule is CCCC[S+]([O-])c1sc2nc(-c3nccs3)cc(-c3ccc(CN=[N+]=[N-])cc3)c2c1N. The molecule has 10 heteroatoms. The van der Waals surface area contributed by atoms with E-state index in [1.807, 2.05) is 35.7 Å². The summed E-state index contributed by atoms with van der Waals surface area (Å²) < 4.78 is 13.6. The van der Waals surface area contributed by atoms with Crippen LogP contribution < -0.4 is 5.73 Å². The summed E-state index contributed by atoms with van der Waals surface area (Å²) in [6.07, 6.45) is 3.62. The number of hydrogen-bond donors (Lipinski definition) is 1. The van der Waals surface area contributed by atoms with Crippen LogP contribution in [-0.2, 0) is 17.7 Å². The van der Waals surface area contributed by atoms with Crippen molar-refractivity contribution in [1.29, 1.82) is 0 Å².